The first-order valence-electron chi connectivity index (χ1n) is 8.22. The fourth-order valence-electron chi connectivity index (χ4n) is 2.09. The number of carbonyl (C=O) groups is 1. The highest BCUT2D eigenvalue weighted by Crippen LogP contribution is 2.60. The lowest BCUT2D eigenvalue weighted by atomic mass is 10.0. The van der Waals surface area contributed by atoms with Crippen molar-refractivity contribution in [1.82, 2.24) is 0 Å². The number of hydrogen-bond acceptors (Lipinski definition) is 5. The number of carbonyl (C=O) groups excluding carboxylic acids is 1. The van der Waals surface area contributed by atoms with Gasteiger partial charge in [0, 0.05) is 11.3 Å². The van der Waals surface area contributed by atoms with Gasteiger partial charge in [-0.15, -0.1) is 0 Å². The van der Waals surface area contributed by atoms with Gasteiger partial charge in [0.2, 0.25) is 0 Å². The zero-order valence-electron chi connectivity index (χ0n) is 14.7. The summed E-state index contributed by atoms with van der Waals surface area (Å²) in [5.41, 5.74) is 0.929. The van der Waals surface area contributed by atoms with Crippen molar-refractivity contribution in [3.8, 4) is 5.75 Å². The Morgan fingerprint density at radius 3 is 2.36 bits per heavy atom. The topological polar surface area (TPSA) is 52.6 Å². The van der Waals surface area contributed by atoms with Gasteiger partial charge in [-0.1, -0.05) is 56.3 Å². The van der Waals surface area contributed by atoms with Crippen LogP contribution in [0.1, 0.15) is 36.7 Å². The number of para-hydroxylation sites is 1. The van der Waals surface area contributed by atoms with E-state index in [4.69, 9.17) is 9.05 Å². The van der Waals surface area contributed by atoms with Gasteiger partial charge in [-0.3, -0.25) is 9.32 Å². The van der Waals surface area contributed by atoms with Gasteiger partial charge in [0.25, 0.3) is 0 Å². The summed E-state index contributed by atoms with van der Waals surface area (Å²) in [6, 6.07) is 15.8. The molecule has 0 aliphatic heterocycles. The predicted octanol–water partition coefficient (Wildman–Crippen LogP) is 5.83. The fraction of sp³-hybridized carbons (Fsp3) is 0.316. The van der Waals surface area contributed by atoms with Crippen LogP contribution < -0.4 is 4.52 Å². The Labute approximate surface area is 153 Å². The zero-order chi connectivity index (χ0) is 18.3. The number of ketones is 1. The zero-order valence-corrected chi connectivity index (χ0v) is 16.4. The third-order valence-electron chi connectivity index (χ3n) is 3.23. The van der Waals surface area contributed by atoms with Gasteiger partial charge in [-0.2, -0.15) is 0 Å². The second-order valence-electron chi connectivity index (χ2n) is 5.84. The third-order valence-corrected chi connectivity index (χ3v) is 7.29. The van der Waals surface area contributed by atoms with Gasteiger partial charge in [-0.05, 0) is 36.4 Å². The molecule has 0 saturated carbocycles. The molecule has 0 aliphatic rings. The predicted molar refractivity (Wildman–Crippen MR) is 103 cm³/mol. The standard InChI is InChI=1S/C19H23O4PS/c1-4-22-24(21,25-14-15(2)3)23-18-13-9-8-12-17(18)19(20)16-10-6-5-7-11-16/h5-13,15H,4,14H2,1-3H3. The smallest absolute Gasteiger partial charge is 0.416 e. The minimum absolute atomic E-state index is 0.173. The van der Waals surface area contributed by atoms with Crippen molar-refractivity contribution in [3.05, 3.63) is 65.7 Å². The normalized spacial score (nSPS) is 13.4. The van der Waals surface area contributed by atoms with E-state index in [1.165, 1.54) is 11.4 Å². The molecule has 0 amide bonds. The van der Waals surface area contributed by atoms with E-state index in [0.29, 0.717) is 22.8 Å². The molecule has 1 unspecified atom stereocenters. The number of hydrogen-bond donors (Lipinski definition) is 0. The van der Waals surface area contributed by atoms with Gasteiger partial charge >= 0.3 is 6.80 Å². The monoisotopic (exact) mass is 378 g/mol. The minimum atomic E-state index is -3.39. The van der Waals surface area contributed by atoms with Crippen LogP contribution in [0, 0.1) is 5.92 Å². The largest absolute Gasteiger partial charge is 0.440 e. The minimum Gasteiger partial charge on any atom is -0.416 e. The molecule has 0 N–H and O–H groups in total. The Hall–Kier alpha value is -1.55. The molecule has 1 atom stereocenters. The van der Waals surface area contributed by atoms with Crippen molar-refractivity contribution in [1.29, 1.82) is 0 Å². The fourth-order valence-corrected chi connectivity index (χ4v) is 5.85. The van der Waals surface area contributed by atoms with Gasteiger partial charge in [0.1, 0.15) is 5.75 Å². The molecular formula is C19H23O4PS. The summed E-state index contributed by atoms with van der Waals surface area (Å²) in [5.74, 6) is 1.10. The van der Waals surface area contributed by atoms with Crippen molar-refractivity contribution in [3.63, 3.8) is 0 Å². The quantitative estimate of drug-likeness (QED) is 0.406. The van der Waals surface area contributed by atoms with Gasteiger partial charge in [0.05, 0.1) is 12.2 Å². The molecule has 0 aliphatic carbocycles. The summed E-state index contributed by atoms with van der Waals surface area (Å²) in [7, 11) is 0. The van der Waals surface area contributed by atoms with Crippen LogP contribution in [0.3, 0.4) is 0 Å². The van der Waals surface area contributed by atoms with Crippen LogP contribution in [0.5, 0.6) is 5.75 Å². The Morgan fingerprint density at radius 2 is 1.72 bits per heavy atom. The summed E-state index contributed by atoms with van der Waals surface area (Å²) in [4.78, 5) is 12.8. The first-order chi connectivity index (χ1) is 11.9. The van der Waals surface area contributed by atoms with Crippen LogP contribution in [0.4, 0.5) is 0 Å². The molecule has 6 heteroatoms. The van der Waals surface area contributed by atoms with Crippen LogP contribution >= 0.6 is 18.2 Å². The molecule has 4 nitrogen and oxygen atoms in total. The van der Waals surface area contributed by atoms with Crippen LogP contribution in [0.25, 0.3) is 0 Å². The highest BCUT2D eigenvalue weighted by atomic mass is 32.7. The average Bonchev–Trinajstić information content (AvgIpc) is 2.61. The third kappa shape index (κ3) is 5.74. The van der Waals surface area contributed by atoms with Crippen molar-refractivity contribution in [2.75, 3.05) is 12.4 Å². The molecule has 0 bridgehead atoms. The SMILES string of the molecule is CCOP(=O)(Oc1ccccc1C(=O)c1ccccc1)SCC(C)C. The molecule has 2 aromatic rings. The maximum absolute atomic E-state index is 13.0. The maximum Gasteiger partial charge on any atom is 0.440 e. The molecule has 0 saturated heterocycles. The van der Waals surface area contributed by atoms with Crippen LogP contribution in [-0.4, -0.2) is 18.1 Å². The second kappa shape index (κ2) is 9.23. The van der Waals surface area contributed by atoms with E-state index in [9.17, 15) is 9.36 Å². The van der Waals surface area contributed by atoms with E-state index in [-0.39, 0.29) is 18.1 Å². The Bertz CT molecular complexity index is 746. The molecule has 0 heterocycles. The second-order valence-corrected chi connectivity index (χ2v) is 9.88. The molecule has 0 radical (unpaired) electrons. The molecule has 2 aromatic carbocycles. The van der Waals surface area contributed by atoms with E-state index in [1.54, 1.807) is 55.5 Å². The number of rotatable bonds is 9. The first kappa shape index (κ1) is 19.8. The molecule has 0 aromatic heterocycles. The van der Waals surface area contributed by atoms with E-state index in [0.717, 1.165) is 0 Å². The van der Waals surface area contributed by atoms with Crippen molar-refractivity contribution >= 4 is 24.0 Å². The van der Waals surface area contributed by atoms with E-state index in [1.807, 2.05) is 19.9 Å². The average molecular weight is 378 g/mol. The Kier molecular flexibility index (Phi) is 7.30. The lowest BCUT2D eigenvalue weighted by Gasteiger charge is -2.20. The maximum atomic E-state index is 13.0. The molecule has 0 spiro atoms. The lowest BCUT2D eigenvalue weighted by Crippen LogP contribution is -2.05. The summed E-state index contributed by atoms with van der Waals surface area (Å²) in [6.45, 7) is 2.73. The van der Waals surface area contributed by atoms with Crippen LogP contribution in [0.2, 0.25) is 0 Å². The molecular weight excluding hydrogens is 355 g/mol. The Balaban J connectivity index is 2.30. The lowest BCUT2D eigenvalue weighted by molar-refractivity contribution is 0.103. The highest BCUT2D eigenvalue weighted by Gasteiger charge is 2.29. The Morgan fingerprint density at radius 1 is 1.08 bits per heavy atom. The van der Waals surface area contributed by atoms with E-state index < -0.39 is 6.80 Å². The van der Waals surface area contributed by atoms with Crippen LogP contribution in [0.15, 0.2) is 54.6 Å². The van der Waals surface area contributed by atoms with Gasteiger partial charge < -0.3 is 4.52 Å². The summed E-state index contributed by atoms with van der Waals surface area (Å²) >= 11 is 1.17. The van der Waals surface area contributed by atoms with E-state index >= 15 is 0 Å². The van der Waals surface area contributed by atoms with Crippen molar-refractivity contribution in [2.45, 2.75) is 20.8 Å². The number of benzene rings is 2. The van der Waals surface area contributed by atoms with Gasteiger partial charge in [-0.25, -0.2) is 4.57 Å². The molecule has 25 heavy (non-hydrogen) atoms. The molecule has 0 fully saturated rings. The van der Waals surface area contributed by atoms with Crippen LogP contribution in [-0.2, 0) is 9.09 Å². The summed E-state index contributed by atoms with van der Waals surface area (Å²) in [5, 5.41) is 0. The summed E-state index contributed by atoms with van der Waals surface area (Å²) in [6.07, 6.45) is 0. The van der Waals surface area contributed by atoms with E-state index in [2.05, 4.69) is 0 Å². The summed E-state index contributed by atoms with van der Waals surface area (Å²) < 4.78 is 24.2. The first-order valence-corrected chi connectivity index (χ1v) is 11.4. The van der Waals surface area contributed by atoms with Crippen molar-refractivity contribution < 1.29 is 18.4 Å². The van der Waals surface area contributed by atoms with Gasteiger partial charge in [0.15, 0.2) is 5.78 Å². The molecule has 2 rings (SSSR count). The van der Waals surface area contributed by atoms with Crippen molar-refractivity contribution in [2.24, 2.45) is 5.92 Å². The highest BCUT2D eigenvalue weighted by molar-refractivity contribution is 8.55. The molecule has 134 valence electrons.